The molecular weight excluding hydrogens is 435 g/mol. The van der Waals surface area contributed by atoms with Crippen molar-refractivity contribution < 1.29 is 4.74 Å². The van der Waals surface area contributed by atoms with E-state index in [0.717, 1.165) is 0 Å². The summed E-state index contributed by atoms with van der Waals surface area (Å²) < 4.78 is 13.6. The van der Waals surface area contributed by atoms with Crippen LogP contribution < -0.4 is 0 Å². The minimum atomic E-state index is -2.05. The van der Waals surface area contributed by atoms with E-state index in [-0.39, 0.29) is 0 Å². The summed E-state index contributed by atoms with van der Waals surface area (Å²) in [6.45, 7) is 9.39. The van der Waals surface area contributed by atoms with Gasteiger partial charge in [0, 0.05) is 0 Å². The molecule has 1 fully saturated rings. The molecule has 0 aliphatic carbocycles. The SMILES string of the molecule is CCCCCCCC[C@H]1O[C@H]1C/C=[CH]/[Sn]([CH2]CCC)([CH2]CCC)[CH2]CCC. The fraction of sp³-hybridized carbons (Fsp3) is 0.920. The van der Waals surface area contributed by atoms with E-state index < -0.39 is 18.4 Å². The molecule has 1 nitrogen and oxygen atoms in total. The zero-order valence-corrected chi connectivity index (χ0v) is 22.1. The second-order valence-electron chi connectivity index (χ2n) is 9.08. The standard InChI is InChI=1S/C13H23O.3C4H9.Sn/c1-3-5-6-7-8-9-11-13-12(14-13)10-4-2;3*1-3-4-2;/h2,4,12-13H,3,5-11H2,1H3;3*1,3-4H2,2H3;/t12-,13+;;;;/m0..../s1. The third-order valence-corrected chi connectivity index (χ3v) is 20.7. The molecule has 1 rings (SSSR count). The van der Waals surface area contributed by atoms with Gasteiger partial charge in [0.15, 0.2) is 0 Å². The van der Waals surface area contributed by atoms with Gasteiger partial charge in [0.2, 0.25) is 0 Å². The van der Waals surface area contributed by atoms with Gasteiger partial charge in [-0.25, -0.2) is 0 Å². The molecule has 0 bridgehead atoms. The molecular formula is C25H50OSn. The summed E-state index contributed by atoms with van der Waals surface area (Å²) in [5.74, 6) is 0. The second kappa shape index (κ2) is 16.3. The van der Waals surface area contributed by atoms with Crippen LogP contribution in [0.3, 0.4) is 0 Å². The van der Waals surface area contributed by atoms with Crippen LogP contribution >= 0.6 is 0 Å². The predicted molar refractivity (Wildman–Crippen MR) is 125 cm³/mol. The van der Waals surface area contributed by atoms with Gasteiger partial charge >= 0.3 is 169 Å². The molecule has 0 N–H and O–H groups in total. The van der Waals surface area contributed by atoms with E-state index in [0.29, 0.717) is 12.2 Å². The maximum atomic E-state index is 5.97. The van der Waals surface area contributed by atoms with Crippen LogP contribution in [0.4, 0.5) is 0 Å². The van der Waals surface area contributed by atoms with Gasteiger partial charge in [-0.15, -0.1) is 0 Å². The number of hydrogen-bond donors (Lipinski definition) is 0. The van der Waals surface area contributed by atoms with Crippen LogP contribution in [0, 0.1) is 0 Å². The van der Waals surface area contributed by atoms with Crippen molar-refractivity contribution in [2.24, 2.45) is 0 Å². The third kappa shape index (κ3) is 11.9. The third-order valence-electron chi connectivity index (χ3n) is 6.45. The first-order valence-electron chi connectivity index (χ1n) is 12.5. The number of hydrogen-bond acceptors (Lipinski definition) is 1. The van der Waals surface area contributed by atoms with Crippen LogP contribution in [0.5, 0.6) is 0 Å². The van der Waals surface area contributed by atoms with Crippen LogP contribution in [0.2, 0.25) is 13.3 Å². The van der Waals surface area contributed by atoms with Gasteiger partial charge in [-0.2, -0.15) is 0 Å². The average molecular weight is 485 g/mol. The first-order valence-corrected chi connectivity index (χ1v) is 20.2. The summed E-state index contributed by atoms with van der Waals surface area (Å²) in [5, 5.41) is 0. The zero-order chi connectivity index (χ0) is 19.8. The van der Waals surface area contributed by atoms with Gasteiger partial charge < -0.3 is 0 Å². The van der Waals surface area contributed by atoms with Crippen molar-refractivity contribution >= 4 is 18.4 Å². The van der Waals surface area contributed by atoms with Crippen LogP contribution in [0.1, 0.15) is 118 Å². The van der Waals surface area contributed by atoms with E-state index in [4.69, 9.17) is 4.74 Å². The van der Waals surface area contributed by atoms with Gasteiger partial charge in [-0.05, 0) is 0 Å². The molecule has 1 saturated heterocycles. The molecule has 0 aromatic rings. The Morgan fingerprint density at radius 2 is 1.15 bits per heavy atom. The first-order chi connectivity index (χ1) is 13.2. The number of rotatable bonds is 19. The molecule has 1 aliphatic rings. The summed E-state index contributed by atoms with van der Waals surface area (Å²) in [6, 6.07) is 0. The van der Waals surface area contributed by atoms with Crippen molar-refractivity contribution in [3.8, 4) is 0 Å². The Morgan fingerprint density at radius 3 is 1.70 bits per heavy atom. The van der Waals surface area contributed by atoms with Gasteiger partial charge in [-0.1, -0.05) is 6.92 Å². The molecule has 0 unspecified atom stereocenters. The minimum absolute atomic E-state index is 0.560. The monoisotopic (exact) mass is 486 g/mol. The Hall–Kier alpha value is 0.499. The van der Waals surface area contributed by atoms with Crippen molar-refractivity contribution in [1.29, 1.82) is 0 Å². The molecule has 2 atom stereocenters. The molecule has 2 heteroatoms. The fourth-order valence-corrected chi connectivity index (χ4v) is 18.9. The van der Waals surface area contributed by atoms with Gasteiger partial charge in [0.05, 0.1) is 0 Å². The summed E-state index contributed by atoms with van der Waals surface area (Å²) in [7, 11) is 0. The van der Waals surface area contributed by atoms with E-state index in [1.54, 1.807) is 13.3 Å². The first kappa shape index (κ1) is 25.5. The number of unbranched alkanes of at least 4 members (excludes halogenated alkanes) is 8. The number of ether oxygens (including phenoxy) is 1. The summed E-state index contributed by atoms with van der Waals surface area (Å²) in [6.07, 6.45) is 23.2. The van der Waals surface area contributed by atoms with Gasteiger partial charge in [0.25, 0.3) is 0 Å². The molecule has 1 heterocycles. The van der Waals surface area contributed by atoms with Crippen LogP contribution in [0.25, 0.3) is 0 Å². The van der Waals surface area contributed by atoms with Crippen molar-refractivity contribution in [2.45, 2.75) is 143 Å². The van der Waals surface area contributed by atoms with Crippen LogP contribution in [-0.2, 0) is 4.74 Å². The Kier molecular flexibility index (Phi) is 15.4. The van der Waals surface area contributed by atoms with Crippen molar-refractivity contribution in [3.05, 3.63) is 10.2 Å². The molecule has 1 aliphatic heterocycles. The average Bonchev–Trinajstić information content (AvgIpc) is 3.43. The van der Waals surface area contributed by atoms with Crippen LogP contribution in [-0.4, -0.2) is 30.6 Å². The maximum absolute atomic E-state index is 5.97. The predicted octanol–water partition coefficient (Wildman–Crippen LogP) is 8.84. The van der Waals surface area contributed by atoms with E-state index in [1.165, 1.54) is 89.9 Å². The van der Waals surface area contributed by atoms with Gasteiger partial charge in [-0.3, -0.25) is 0 Å². The normalized spacial score (nSPS) is 19.9. The summed E-state index contributed by atoms with van der Waals surface area (Å²) >= 11 is -2.05. The van der Waals surface area contributed by atoms with E-state index >= 15 is 0 Å². The van der Waals surface area contributed by atoms with Crippen molar-refractivity contribution in [3.63, 3.8) is 0 Å². The van der Waals surface area contributed by atoms with Crippen molar-refractivity contribution in [2.75, 3.05) is 0 Å². The van der Waals surface area contributed by atoms with Crippen LogP contribution in [0.15, 0.2) is 10.2 Å². The Morgan fingerprint density at radius 1 is 0.630 bits per heavy atom. The molecule has 0 saturated carbocycles. The molecule has 0 spiro atoms. The molecule has 0 radical (unpaired) electrons. The summed E-state index contributed by atoms with van der Waals surface area (Å²) in [4.78, 5) is 0. The van der Waals surface area contributed by atoms with Gasteiger partial charge in [0.1, 0.15) is 0 Å². The van der Waals surface area contributed by atoms with E-state index in [2.05, 4.69) is 37.9 Å². The van der Waals surface area contributed by atoms with E-state index in [9.17, 15) is 0 Å². The van der Waals surface area contributed by atoms with E-state index in [1.807, 2.05) is 0 Å². The Labute approximate surface area is 176 Å². The zero-order valence-electron chi connectivity index (χ0n) is 19.2. The molecule has 0 aromatic heterocycles. The topological polar surface area (TPSA) is 12.5 Å². The Bertz CT molecular complexity index is 344. The van der Waals surface area contributed by atoms with Crippen molar-refractivity contribution in [1.82, 2.24) is 0 Å². The quantitative estimate of drug-likeness (QED) is 0.101. The summed E-state index contributed by atoms with van der Waals surface area (Å²) in [5.41, 5.74) is 0. The fourth-order valence-electron chi connectivity index (χ4n) is 4.43. The Balaban J connectivity index is 2.36. The number of epoxide rings is 1. The molecule has 0 aromatic carbocycles. The molecule has 160 valence electrons. The molecule has 0 amide bonds. The molecule has 27 heavy (non-hydrogen) atoms. The second-order valence-corrected chi connectivity index (χ2v) is 22.1.